The Morgan fingerprint density at radius 3 is 2.64 bits per heavy atom. The van der Waals surface area contributed by atoms with Crippen LogP contribution in [0.15, 0.2) is 18.3 Å². The number of nitrogens with zero attached hydrogens (tertiary/aromatic N) is 2. The van der Waals surface area contributed by atoms with Crippen LogP contribution < -0.4 is 4.74 Å². The molecule has 136 valence electrons. The van der Waals surface area contributed by atoms with Crippen molar-refractivity contribution in [1.82, 2.24) is 9.78 Å². The molecule has 0 atom stereocenters. The molecule has 0 spiro atoms. The monoisotopic (exact) mass is 346 g/mol. The molecule has 1 aliphatic carbocycles. The number of aromatic nitrogens is 2. The Labute approximate surface area is 147 Å². The first kappa shape index (κ1) is 17.7. The van der Waals surface area contributed by atoms with Gasteiger partial charge in [0.15, 0.2) is 0 Å². The molecule has 0 aliphatic heterocycles. The summed E-state index contributed by atoms with van der Waals surface area (Å²) in [5, 5.41) is 14.9. The smallest absolute Gasteiger partial charge is 0.341 e. The van der Waals surface area contributed by atoms with Crippen molar-refractivity contribution < 1.29 is 19.4 Å². The molecule has 6 heteroatoms. The summed E-state index contributed by atoms with van der Waals surface area (Å²) in [4.78, 5) is 12.1. The van der Waals surface area contributed by atoms with Crippen molar-refractivity contribution in [3.63, 3.8) is 0 Å². The topological polar surface area (TPSA) is 73.6 Å². The van der Waals surface area contributed by atoms with Gasteiger partial charge in [0.2, 0.25) is 0 Å². The average molecular weight is 346 g/mol. The number of esters is 1. The highest BCUT2D eigenvalue weighted by molar-refractivity contribution is 5.97. The minimum atomic E-state index is -0.409. The first-order chi connectivity index (χ1) is 12.0. The number of hydrogen-bond acceptors (Lipinski definition) is 5. The van der Waals surface area contributed by atoms with Crippen LogP contribution in [0.1, 0.15) is 55.9 Å². The minimum absolute atomic E-state index is 0.0447. The summed E-state index contributed by atoms with van der Waals surface area (Å²) >= 11 is 0. The molecule has 0 radical (unpaired) electrons. The zero-order valence-corrected chi connectivity index (χ0v) is 15.1. The minimum Gasteiger partial charge on any atom is -0.490 e. The Morgan fingerprint density at radius 2 is 2.04 bits per heavy atom. The summed E-state index contributed by atoms with van der Waals surface area (Å²) < 4.78 is 12.7. The fourth-order valence-electron chi connectivity index (χ4n) is 3.47. The predicted octanol–water partition coefficient (Wildman–Crippen LogP) is 3.33. The maximum absolute atomic E-state index is 12.1. The van der Waals surface area contributed by atoms with Gasteiger partial charge in [0.25, 0.3) is 0 Å². The molecule has 25 heavy (non-hydrogen) atoms. The van der Waals surface area contributed by atoms with Crippen molar-refractivity contribution in [2.24, 2.45) is 5.92 Å². The molecule has 1 heterocycles. The molecule has 1 aromatic heterocycles. The third kappa shape index (κ3) is 3.79. The number of hydrogen-bond donors (Lipinski definition) is 1. The highest BCUT2D eigenvalue weighted by Gasteiger charge is 2.23. The summed E-state index contributed by atoms with van der Waals surface area (Å²) in [6.45, 7) is 4.11. The van der Waals surface area contributed by atoms with Crippen molar-refractivity contribution in [2.75, 3.05) is 13.7 Å². The highest BCUT2D eigenvalue weighted by atomic mass is 16.5. The lowest BCUT2D eigenvalue weighted by Gasteiger charge is -2.27. The van der Waals surface area contributed by atoms with Crippen molar-refractivity contribution >= 4 is 16.9 Å². The lowest BCUT2D eigenvalue weighted by atomic mass is 9.87. The highest BCUT2D eigenvalue weighted by Crippen LogP contribution is 2.33. The van der Waals surface area contributed by atoms with E-state index < -0.39 is 5.97 Å². The van der Waals surface area contributed by atoms with Crippen molar-refractivity contribution in [2.45, 2.75) is 51.7 Å². The van der Waals surface area contributed by atoms with Crippen LogP contribution >= 0.6 is 0 Å². The summed E-state index contributed by atoms with van der Waals surface area (Å²) in [7, 11) is 1.37. The van der Waals surface area contributed by atoms with Gasteiger partial charge in [-0.05, 0) is 51.5 Å². The molecule has 1 fully saturated rings. The van der Waals surface area contributed by atoms with Crippen LogP contribution in [0.4, 0.5) is 0 Å². The Morgan fingerprint density at radius 1 is 1.32 bits per heavy atom. The average Bonchev–Trinajstić information content (AvgIpc) is 3.02. The van der Waals surface area contributed by atoms with Crippen molar-refractivity contribution in [3.05, 3.63) is 23.9 Å². The van der Waals surface area contributed by atoms with Crippen LogP contribution in [-0.2, 0) is 4.74 Å². The van der Waals surface area contributed by atoms with E-state index in [0.29, 0.717) is 23.3 Å². The predicted molar refractivity (Wildman–Crippen MR) is 94.9 cm³/mol. The lowest BCUT2D eigenvalue weighted by Crippen LogP contribution is -2.20. The quantitative estimate of drug-likeness (QED) is 0.841. The number of carbonyl (C=O) groups excluding carboxylic acids is 1. The zero-order valence-electron chi connectivity index (χ0n) is 15.1. The van der Waals surface area contributed by atoms with Crippen LogP contribution in [0, 0.1) is 5.92 Å². The van der Waals surface area contributed by atoms with Crippen LogP contribution in [0.5, 0.6) is 5.75 Å². The molecule has 1 aromatic carbocycles. The van der Waals surface area contributed by atoms with E-state index >= 15 is 0 Å². The SMILES string of the molecule is COC(=O)c1cc2cn(C3CCC(CO)CC3)nc2cc1OC(C)C. The Kier molecular flexibility index (Phi) is 5.27. The molecule has 1 saturated carbocycles. The van der Waals surface area contributed by atoms with Crippen LogP contribution in [0.3, 0.4) is 0 Å². The van der Waals surface area contributed by atoms with E-state index in [-0.39, 0.29) is 12.7 Å². The largest absolute Gasteiger partial charge is 0.490 e. The first-order valence-electron chi connectivity index (χ1n) is 8.90. The molecular weight excluding hydrogens is 320 g/mol. The molecule has 0 bridgehead atoms. The number of fused-ring (bicyclic) bond motifs is 1. The number of methoxy groups -OCH3 is 1. The van der Waals surface area contributed by atoms with Gasteiger partial charge < -0.3 is 14.6 Å². The van der Waals surface area contributed by atoms with Gasteiger partial charge in [-0.15, -0.1) is 0 Å². The lowest BCUT2D eigenvalue weighted by molar-refractivity contribution is 0.0594. The number of carbonyl (C=O) groups is 1. The summed E-state index contributed by atoms with van der Waals surface area (Å²) in [6, 6.07) is 3.95. The molecule has 6 nitrogen and oxygen atoms in total. The molecule has 3 rings (SSSR count). The fraction of sp³-hybridized carbons (Fsp3) is 0.579. The van der Waals surface area contributed by atoms with Gasteiger partial charge in [-0.25, -0.2) is 4.79 Å². The number of benzene rings is 1. The second kappa shape index (κ2) is 7.44. The van der Waals surface area contributed by atoms with E-state index in [2.05, 4.69) is 0 Å². The molecule has 0 saturated heterocycles. The van der Waals surface area contributed by atoms with E-state index in [9.17, 15) is 9.90 Å². The summed E-state index contributed by atoms with van der Waals surface area (Å²) in [5.41, 5.74) is 1.24. The molecule has 0 amide bonds. The van der Waals surface area contributed by atoms with Crippen LogP contribution in [0.25, 0.3) is 10.9 Å². The van der Waals surface area contributed by atoms with Crippen LogP contribution in [-0.4, -0.2) is 40.7 Å². The zero-order chi connectivity index (χ0) is 18.0. The van der Waals surface area contributed by atoms with Gasteiger partial charge >= 0.3 is 5.97 Å². The van der Waals surface area contributed by atoms with E-state index in [4.69, 9.17) is 14.6 Å². The summed E-state index contributed by atoms with van der Waals surface area (Å²) in [5.74, 6) is 0.510. The maximum atomic E-state index is 12.1. The second-order valence-corrected chi connectivity index (χ2v) is 7.03. The number of ether oxygens (including phenoxy) is 2. The Hall–Kier alpha value is -2.08. The maximum Gasteiger partial charge on any atom is 0.341 e. The van der Waals surface area contributed by atoms with Crippen LogP contribution in [0.2, 0.25) is 0 Å². The van der Waals surface area contributed by atoms with Gasteiger partial charge in [-0.2, -0.15) is 5.10 Å². The fourth-order valence-corrected chi connectivity index (χ4v) is 3.47. The van der Waals surface area contributed by atoms with Crippen molar-refractivity contribution in [1.29, 1.82) is 0 Å². The van der Waals surface area contributed by atoms with E-state index in [1.165, 1.54) is 7.11 Å². The van der Waals surface area contributed by atoms with E-state index in [1.54, 1.807) is 6.07 Å². The Balaban J connectivity index is 1.92. The summed E-state index contributed by atoms with van der Waals surface area (Å²) in [6.07, 6.45) is 6.01. The van der Waals surface area contributed by atoms with Gasteiger partial charge in [0, 0.05) is 24.3 Å². The van der Waals surface area contributed by atoms with E-state index in [1.807, 2.05) is 30.8 Å². The number of rotatable bonds is 5. The standard InChI is InChI=1S/C19H26N2O4/c1-12(2)25-18-9-17-14(8-16(18)19(23)24-3)10-21(20-17)15-6-4-13(11-22)5-7-15/h8-10,12-13,15,22H,4-7,11H2,1-3H3. The number of aliphatic hydroxyl groups excluding tert-OH is 1. The third-order valence-electron chi connectivity index (χ3n) is 4.84. The van der Waals surface area contributed by atoms with E-state index in [0.717, 1.165) is 36.6 Å². The molecule has 0 unspecified atom stereocenters. The van der Waals surface area contributed by atoms with Gasteiger partial charge in [0.1, 0.15) is 11.3 Å². The second-order valence-electron chi connectivity index (χ2n) is 7.03. The Bertz CT molecular complexity index is 745. The third-order valence-corrected chi connectivity index (χ3v) is 4.84. The van der Waals surface area contributed by atoms with Crippen molar-refractivity contribution in [3.8, 4) is 5.75 Å². The van der Waals surface area contributed by atoms with Gasteiger partial charge in [-0.1, -0.05) is 0 Å². The normalized spacial score (nSPS) is 20.8. The molecular formula is C19H26N2O4. The molecule has 1 aliphatic rings. The molecule has 1 N–H and O–H groups in total. The van der Waals surface area contributed by atoms with Gasteiger partial charge in [0.05, 0.1) is 24.8 Å². The number of aliphatic hydroxyl groups is 1. The molecule has 2 aromatic rings. The van der Waals surface area contributed by atoms with Gasteiger partial charge in [-0.3, -0.25) is 4.68 Å². The first-order valence-corrected chi connectivity index (χ1v) is 8.90.